The third-order valence-corrected chi connectivity index (χ3v) is 6.44. The summed E-state index contributed by atoms with van der Waals surface area (Å²) in [5, 5.41) is 0. The van der Waals surface area contributed by atoms with Crippen LogP contribution in [-0.2, 0) is 18.9 Å². The highest BCUT2D eigenvalue weighted by atomic mass is 19.3. The van der Waals surface area contributed by atoms with Crippen molar-refractivity contribution in [3.05, 3.63) is 35.4 Å². The van der Waals surface area contributed by atoms with Gasteiger partial charge in [0.1, 0.15) is 6.10 Å². The molecule has 3 aliphatic rings. The molecule has 1 atom stereocenters. The number of alkyl halides is 2. The second kappa shape index (κ2) is 8.74. The molecule has 0 spiro atoms. The molecule has 4 rings (SSSR count). The van der Waals surface area contributed by atoms with Crippen LogP contribution in [-0.4, -0.2) is 26.1 Å². The molecule has 1 aromatic rings. The summed E-state index contributed by atoms with van der Waals surface area (Å²) in [6, 6.07) is 7.27. The molecule has 3 fully saturated rings. The third kappa shape index (κ3) is 4.73. The zero-order valence-corrected chi connectivity index (χ0v) is 16.4. The average molecular weight is 396 g/mol. The summed E-state index contributed by atoms with van der Waals surface area (Å²) in [5.41, 5.74) is 1.57. The lowest BCUT2D eigenvalue weighted by atomic mass is 9.75. The van der Waals surface area contributed by atoms with Crippen LogP contribution in [0.1, 0.15) is 69.0 Å². The number of ether oxygens (including phenoxy) is 4. The third-order valence-electron chi connectivity index (χ3n) is 6.44. The van der Waals surface area contributed by atoms with Crippen molar-refractivity contribution in [3.63, 3.8) is 0 Å². The molecule has 6 heteroatoms. The summed E-state index contributed by atoms with van der Waals surface area (Å²) in [7, 11) is 0. The van der Waals surface area contributed by atoms with Crippen molar-refractivity contribution in [2.24, 2.45) is 17.8 Å². The quantitative estimate of drug-likeness (QED) is 0.650. The highest BCUT2D eigenvalue weighted by Gasteiger charge is 2.43. The van der Waals surface area contributed by atoms with Crippen molar-refractivity contribution in [2.75, 3.05) is 19.8 Å². The van der Waals surface area contributed by atoms with Gasteiger partial charge in [0, 0.05) is 11.5 Å². The van der Waals surface area contributed by atoms with Crippen molar-refractivity contribution in [3.8, 4) is 0 Å². The number of hydrogen-bond donors (Lipinski definition) is 0. The summed E-state index contributed by atoms with van der Waals surface area (Å²) in [4.78, 5) is 0. The minimum Gasteiger partial charge on any atom is -0.348 e. The zero-order chi connectivity index (χ0) is 19.6. The fourth-order valence-electron chi connectivity index (χ4n) is 4.78. The summed E-state index contributed by atoms with van der Waals surface area (Å²) >= 11 is 0. The molecule has 1 unspecified atom stereocenters. The highest BCUT2D eigenvalue weighted by molar-refractivity contribution is 5.25. The molecule has 156 valence electrons. The lowest BCUT2D eigenvalue weighted by molar-refractivity contribution is -0.347. The highest BCUT2D eigenvalue weighted by Crippen LogP contribution is 2.39. The number of rotatable bonds is 5. The lowest BCUT2D eigenvalue weighted by Crippen LogP contribution is -2.34. The van der Waals surface area contributed by atoms with E-state index in [1.54, 1.807) is 12.1 Å². The topological polar surface area (TPSA) is 36.9 Å². The molecule has 0 amide bonds. The molecule has 4 nitrogen and oxygen atoms in total. The van der Waals surface area contributed by atoms with Gasteiger partial charge in [0.05, 0.1) is 19.8 Å². The Balaban J connectivity index is 1.26. The van der Waals surface area contributed by atoms with Crippen LogP contribution in [0.3, 0.4) is 0 Å². The smallest absolute Gasteiger partial charge is 0.348 e. The van der Waals surface area contributed by atoms with Gasteiger partial charge in [0.2, 0.25) is 0 Å². The standard InChI is InChI=1S/C22H30F2O4/c1-2-3-15-4-6-16(7-5-15)19-12-25-21(26-13-19)18-10-8-17(9-11-18)20-14-27-22(23,24)28-20/h8-11,15-16,19-21H,2-7,12-14H2,1H3. The van der Waals surface area contributed by atoms with E-state index in [2.05, 4.69) is 16.4 Å². The fraction of sp³-hybridized carbons (Fsp3) is 0.727. The number of halogens is 2. The molecule has 2 saturated heterocycles. The van der Waals surface area contributed by atoms with Crippen LogP contribution >= 0.6 is 0 Å². The van der Waals surface area contributed by atoms with Crippen LogP contribution in [0.4, 0.5) is 8.78 Å². The van der Waals surface area contributed by atoms with Gasteiger partial charge in [-0.1, -0.05) is 56.9 Å². The van der Waals surface area contributed by atoms with E-state index in [9.17, 15) is 8.78 Å². The van der Waals surface area contributed by atoms with E-state index in [-0.39, 0.29) is 12.9 Å². The molecule has 0 radical (unpaired) electrons. The molecule has 0 N–H and O–H groups in total. The molecule has 0 aromatic heterocycles. The molecule has 0 bridgehead atoms. The predicted molar refractivity (Wildman–Crippen MR) is 99.7 cm³/mol. The Kier molecular flexibility index (Phi) is 6.30. The molecule has 28 heavy (non-hydrogen) atoms. The monoisotopic (exact) mass is 396 g/mol. The first kappa shape index (κ1) is 20.2. The summed E-state index contributed by atoms with van der Waals surface area (Å²) < 4.78 is 47.0. The maximum absolute atomic E-state index is 13.0. The van der Waals surface area contributed by atoms with E-state index in [0.717, 1.165) is 24.7 Å². The van der Waals surface area contributed by atoms with Crippen molar-refractivity contribution in [1.82, 2.24) is 0 Å². The van der Waals surface area contributed by atoms with Crippen LogP contribution in [0.15, 0.2) is 24.3 Å². The Morgan fingerprint density at radius 1 is 0.893 bits per heavy atom. The van der Waals surface area contributed by atoms with Crippen LogP contribution in [0.2, 0.25) is 0 Å². The molecule has 2 aliphatic heterocycles. The lowest BCUT2D eigenvalue weighted by Gasteiger charge is -2.37. The van der Waals surface area contributed by atoms with Crippen molar-refractivity contribution in [1.29, 1.82) is 0 Å². The van der Waals surface area contributed by atoms with Crippen molar-refractivity contribution < 1.29 is 27.7 Å². The van der Waals surface area contributed by atoms with Crippen LogP contribution in [0, 0.1) is 17.8 Å². The van der Waals surface area contributed by atoms with Gasteiger partial charge >= 0.3 is 6.29 Å². The van der Waals surface area contributed by atoms with Gasteiger partial charge in [0.25, 0.3) is 0 Å². The van der Waals surface area contributed by atoms with Gasteiger partial charge in [-0.25, -0.2) is 0 Å². The van der Waals surface area contributed by atoms with Crippen LogP contribution in [0.5, 0.6) is 0 Å². The Morgan fingerprint density at radius 2 is 1.54 bits per heavy atom. The SMILES string of the molecule is CCCC1CCC(C2COC(c3ccc(C4COC(F)(F)O4)cc3)OC2)CC1. The summed E-state index contributed by atoms with van der Waals surface area (Å²) in [6.07, 6.45) is 3.27. The first-order valence-corrected chi connectivity index (χ1v) is 10.6. The van der Waals surface area contributed by atoms with E-state index in [0.29, 0.717) is 17.4 Å². The summed E-state index contributed by atoms with van der Waals surface area (Å²) in [6.45, 7) is 3.57. The first-order valence-electron chi connectivity index (χ1n) is 10.6. The van der Waals surface area contributed by atoms with E-state index in [1.807, 2.05) is 12.1 Å². The van der Waals surface area contributed by atoms with Crippen LogP contribution in [0.25, 0.3) is 0 Å². The molecular weight excluding hydrogens is 366 g/mol. The fourth-order valence-corrected chi connectivity index (χ4v) is 4.78. The molecule has 1 aliphatic carbocycles. The Morgan fingerprint density at radius 3 is 2.11 bits per heavy atom. The summed E-state index contributed by atoms with van der Waals surface area (Å²) in [5.74, 6) is 2.09. The molecule has 1 aromatic carbocycles. The van der Waals surface area contributed by atoms with Gasteiger partial charge < -0.3 is 9.47 Å². The van der Waals surface area contributed by atoms with Gasteiger partial charge in [0.15, 0.2) is 6.29 Å². The minimum atomic E-state index is -3.50. The minimum absolute atomic E-state index is 0.148. The Labute approximate surface area is 165 Å². The van der Waals surface area contributed by atoms with Crippen LogP contribution < -0.4 is 0 Å². The largest absolute Gasteiger partial charge is 0.486 e. The predicted octanol–water partition coefficient (Wildman–Crippen LogP) is 5.59. The normalized spacial score (nSPS) is 35.8. The second-order valence-corrected chi connectivity index (χ2v) is 8.38. The number of hydrogen-bond acceptors (Lipinski definition) is 4. The van der Waals surface area contributed by atoms with Gasteiger partial charge in [-0.05, 0) is 30.2 Å². The van der Waals surface area contributed by atoms with Gasteiger partial charge in [-0.15, -0.1) is 8.78 Å². The van der Waals surface area contributed by atoms with Gasteiger partial charge in [-0.3, -0.25) is 9.47 Å². The zero-order valence-electron chi connectivity index (χ0n) is 16.4. The van der Waals surface area contributed by atoms with E-state index in [1.165, 1.54) is 38.5 Å². The van der Waals surface area contributed by atoms with Crippen molar-refractivity contribution >= 4 is 0 Å². The van der Waals surface area contributed by atoms with Crippen molar-refractivity contribution in [2.45, 2.75) is 64.1 Å². The number of benzene rings is 1. The van der Waals surface area contributed by atoms with E-state index in [4.69, 9.17) is 9.47 Å². The Bertz CT molecular complexity index is 620. The average Bonchev–Trinajstić information content (AvgIpc) is 3.09. The maximum atomic E-state index is 13.0. The molecule has 2 heterocycles. The van der Waals surface area contributed by atoms with Gasteiger partial charge in [-0.2, -0.15) is 0 Å². The molecular formula is C22H30F2O4. The Hall–Kier alpha value is -1.08. The maximum Gasteiger partial charge on any atom is 0.486 e. The van der Waals surface area contributed by atoms with E-state index >= 15 is 0 Å². The second-order valence-electron chi connectivity index (χ2n) is 8.38. The first-order chi connectivity index (χ1) is 13.5. The molecule has 1 saturated carbocycles. The van der Waals surface area contributed by atoms with E-state index < -0.39 is 12.4 Å².